The van der Waals surface area contributed by atoms with Gasteiger partial charge in [-0.3, -0.25) is 9.59 Å². The number of benzene rings is 2. The van der Waals surface area contributed by atoms with Crippen LogP contribution in [-0.2, 0) is 12.8 Å². The van der Waals surface area contributed by atoms with Gasteiger partial charge < -0.3 is 34.6 Å². The summed E-state index contributed by atoms with van der Waals surface area (Å²) in [5.41, 5.74) is 1.16. The summed E-state index contributed by atoms with van der Waals surface area (Å²) in [6, 6.07) is 6.53. The number of aliphatic hydroxyl groups excluding tert-OH is 3. The monoisotopic (exact) mass is 558 g/mol. The molecule has 0 bridgehead atoms. The lowest BCUT2D eigenvalue weighted by Gasteiger charge is -2.37. The number of hydrogen-bond acceptors (Lipinski definition) is 9. The first kappa shape index (κ1) is 31.4. The standard InChI is InChI=1S/C31H42O9/c1-5-7-24-27(11-9-22(19(3)33)29(24)37)38-17-21(35)18-39-28-12-10-23-26(36)15-31(4,14-13-20(34)16-32)40-30(23)25(28)8-6-2/h9-12,20-21,32,34-35,37H,5-8,13-18H2,1-4H3. The molecule has 4 N–H and O–H groups in total. The number of rotatable bonds is 15. The van der Waals surface area contributed by atoms with Crippen molar-refractivity contribution in [3.63, 3.8) is 0 Å². The van der Waals surface area contributed by atoms with Gasteiger partial charge in [-0.2, -0.15) is 0 Å². The van der Waals surface area contributed by atoms with Crippen molar-refractivity contribution in [3.8, 4) is 23.0 Å². The molecule has 0 fully saturated rings. The predicted octanol–water partition coefficient (Wildman–Crippen LogP) is 4.18. The van der Waals surface area contributed by atoms with Crippen LogP contribution in [0.15, 0.2) is 24.3 Å². The Labute approximate surface area is 235 Å². The summed E-state index contributed by atoms with van der Waals surface area (Å²) in [7, 11) is 0. The molecule has 0 amide bonds. The zero-order valence-electron chi connectivity index (χ0n) is 23.9. The number of phenolic OH excluding ortho intramolecular Hbond substituents is 1. The van der Waals surface area contributed by atoms with Crippen molar-refractivity contribution < 1.29 is 44.2 Å². The maximum absolute atomic E-state index is 13.0. The van der Waals surface area contributed by atoms with Crippen molar-refractivity contribution in [2.24, 2.45) is 0 Å². The summed E-state index contributed by atoms with van der Waals surface area (Å²) in [5.74, 6) is 0.984. The molecule has 1 aliphatic heterocycles. The molecule has 220 valence electrons. The van der Waals surface area contributed by atoms with Crippen molar-refractivity contribution in [3.05, 3.63) is 46.5 Å². The number of fused-ring (bicyclic) bond motifs is 1. The molecule has 2 aromatic rings. The smallest absolute Gasteiger partial charge is 0.170 e. The Hall–Kier alpha value is -3.14. The molecule has 0 saturated heterocycles. The van der Waals surface area contributed by atoms with Crippen LogP contribution in [0.4, 0.5) is 0 Å². The van der Waals surface area contributed by atoms with Gasteiger partial charge >= 0.3 is 0 Å². The third-order valence-corrected chi connectivity index (χ3v) is 7.10. The van der Waals surface area contributed by atoms with E-state index in [1.807, 2.05) is 20.8 Å². The van der Waals surface area contributed by atoms with Crippen LogP contribution in [0.2, 0.25) is 0 Å². The van der Waals surface area contributed by atoms with Gasteiger partial charge in [0.2, 0.25) is 0 Å². The Kier molecular flexibility index (Phi) is 11.0. The third-order valence-electron chi connectivity index (χ3n) is 7.10. The normalized spacial score (nSPS) is 18.0. The van der Waals surface area contributed by atoms with E-state index in [9.17, 15) is 24.9 Å². The fourth-order valence-corrected chi connectivity index (χ4v) is 4.94. The van der Waals surface area contributed by atoms with Crippen LogP contribution in [0, 0.1) is 0 Å². The minimum absolute atomic E-state index is 0.0542. The van der Waals surface area contributed by atoms with Crippen molar-refractivity contribution >= 4 is 11.6 Å². The Bertz CT molecular complexity index is 1190. The number of aliphatic hydroxyl groups is 3. The van der Waals surface area contributed by atoms with E-state index < -0.39 is 17.8 Å². The molecule has 9 heteroatoms. The van der Waals surface area contributed by atoms with Gasteiger partial charge in [0.05, 0.1) is 30.3 Å². The van der Waals surface area contributed by atoms with Gasteiger partial charge in [-0.15, -0.1) is 0 Å². The minimum atomic E-state index is -0.998. The van der Waals surface area contributed by atoms with Gasteiger partial charge in [-0.05, 0) is 63.8 Å². The summed E-state index contributed by atoms with van der Waals surface area (Å²) >= 11 is 0. The van der Waals surface area contributed by atoms with Crippen LogP contribution in [0.25, 0.3) is 0 Å². The van der Waals surface area contributed by atoms with Crippen molar-refractivity contribution in [2.75, 3.05) is 19.8 Å². The first-order valence-electron chi connectivity index (χ1n) is 14.0. The van der Waals surface area contributed by atoms with E-state index in [2.05, 4.69) is 0 Å². The van der Waals surface area contributed by atoms with E-state index in [0.29, 0.717) is 54.1 Å². The van der Waals surface area contributed by atoms with E-state index in [0.717, 1.165) is 18.4 Å². The highest BCUT2D eigenvalue weighted by atomic mass is 16.5. The second-order valence-electron chi connectivity index (χ2n) is 10.7. The number of ketones is 2. The lowest BCUT2D eigenvalue weighted by molar-refractivity contribution is 0.0235. The highest BCUT2D eigenvalue weighted by molar-refractivity contribution is 6.01. The molecular weight excluding hydrogens is 516 g/mol. The largest absolute Gasteiger partial charge is 0.507 e. The summed E-state index contributed by atoms with van der Waals surface area (Å²) < 4.78 is 18.2. The number of ether oxygens (including phenoxy) is 3. The summed E-state index contributed by atoms with van der Waals surface area (Å²) in [5, 5.41) is 40.2. The summed E-state index contributed by atoms with van der Waals surface area (Å²) in [6.45, 7) is 6.66. The molecule has 3 rings (SSSR count). The number of Topliss-reactive ketones (excluding diaryl/α,β-unsaturated/α-hetero) is 2. The quantitative estimate of drug-likeness (QED) is 0.237. The highest BCUT2D eigenvalue weighted by Crippen LogP contribution is 2.42. The zero-order chi connectivity index (χ0) is 29.4. The lowest BCUT2D eigenvalue weighted by Crippen LogP contribution is -2.40. The number of carbonyl (C=O) groups is 2. The molecule has 0 spiro atoms. The molecule has 40 heavy (non-hydrogen) atoms. The topological polar surface area (TPSA) is 143 Å². The average Bonchev–Trinajstić information content (AvgIpc) is 2.91. The maximum atomic E-state index is 13.0. The molecule has 0 saturated carbocycles. The third kappa shape index (κ3) is 7.53. The van der Waals surface area contributed by atoms with Gasteiger partial charge in [0.15, 0.2) is 11.6 Å². The number of aromatic hydroxyl groups is 1. The van der Waals surface area contributed by atoms with E-state index in [4.69, 9.17) is 19.3 Å². The summed E-state index contributed by atoms with van der Waals surface area (Å²) in [6.07, 6.45) is 1.62. The summed E-state index contributed by atoms with van der Waals surface area (Å²) in [4.78, 5) is 24.8. The SMILES string of the molecule is CCCc1c(OCC(O)COc2ccc3c(c2CCC)OC(C)(CCC(O)CO)CC3=O)ccc(C(C)=O)c1O. The first-order chi connectivity index (χ1) is 19.0. The number of hydrogen-bond donors (Lipinski definition) is 4. The Morgan fingerprint density at radius 3 is 2.20 bits per heavy atom. The number of phenols is 1. The molecule has 0 aromatic heterocycles. The Balaban J connectivity index is 1.73. The van der Waals surface area contributed by atoms with Crippen molar-refractivity contribution in [1.29, 1.82) is 0 Å². The molecule has 1 aliphatic rings. The van der Waals surface area contributed by atoms with Crippen LogP contribution < -0.4 is 14.2 Å². The van der Waals surface area contributed by atoms with Crippen LogP contribution in [0.1, 0.15) is 91.6 Å². The molecule has 1 heterocycles. The van der Waals surface area contributed by atoms with E-state index in [1.54, 1.807) is 18.2 Å². The number of carbonyl (C=O) groups excluding carboxylic acids is 2. The average molecular weight is 559 g/mol. The van der Waals surface area contributed by atoms with Gasteiger partial charge in [0, 0.05) is 11.1 Å². The minimum Gasteiger partial charge on any atom is -0.507 e. The highest BCUT2D eigenvalue weighted by Gasteiger charge is 2.38. The van der Waals surface area contributed by atoms with Gasteiger partial charge in [-0.1, -0.05) is 26.7 Å². The molecule has 0 radical (unpaired) electrons. The second kappa shape index (κ2) is 14.0. The molecule has 2 aromatic carbocycles. The Morgan fingerprint density at radius 1 is 1.00 bits per heavy atom. The Morgan fingerprint density at radius 2 is 1.60 bits per heavy atom. The lowest BCUT2D eigenvalue weighted by atomic mass is 9.85. The van der Waals surface area contributed by atoms with Crippen LogP contribution in [0.5, 0.6) is 23.0 Å². The van der Waals surface area contributed by atoms with Crippen LogP contribution in [0.3, 0.4) is 0 Å². The zero-order valence-corrected chi connectivity index (χ0v) is 23.9. The maximum Gasteiger partial charge on any atom is 0.170 e. The van der Waals surface area contributed by atoms with E-state index in [-0.39, 0.29) is 49.1 Å². The fourth-order valence-electron chi connectivity index (χ4n) is 4.94. The van der Waals surface area contributed by atoms with Crippen LogP contribution in [-0.4, -0.2) is 69.6 Å². The first-order valence-corrected chi connectivity index (χ1v) is 14.0. The molecule has 9 nitrogen and oxygen atoms in total. The van der Waals surface area contributed by atoms with E-state index >= 15 is 0 Å². The van der Waals surface area contributed by atoms with E-state index in [1.165, 1.54) is 13.0 Å². The van der Waals surface area contributed by atoms with Gasteiger partial charge in [-0.25, -0.2) is 0 Å². The van der Waals surface area contributed by atoms with Crippen LogP contribution >= 0.6 is 0 Å². The van der Waals surface area contributed by atoms with Crippen molar-refractivity contribution in [2.45, 2.75) is 90.4 Å². The molecular formula is C31H42O9. The molecule has 0 aliphatic carbocycles. The fraction of sp³-hybridized carbons (Fsp3) is 0.548. The van der Waals surface area contributed by atoms with Gasteiger partial charge in [0.1, 0.15) is 47.9 Å². The van der Waals surface area contributed by atoms with Gasteiger partial charge in [0.25, 0.3) is 0 Å². The molecule has 3 atom stereocenters. The second-order valence-corrected chi connectivity index (χ2v) is 10.7. The van der Waals surface area contributed by atoms with Crippen molar-refractivity contribution in [1.82, 2.24) is 0 Å². The molecule has 3 unspecified atom stereocenters. The predicted molar refractivity (Wildman–Crippen MR) is 150 cm³/mol.